The monoisotopic (exact) mass is 439 g/mol. The highest BCUT2D eigenvalue weighted by molar-refractivity contribution is 7.92. The fraction of sp³-hybridized carbons (Fsp3) is 0.300. The summed E-state index contributed by atoms with van der Waals surface area (Å²) in [4.78, 5) is 25.2. The molecule has 2 amide bonds. The number of hydrogen-bond donors (Lipinski definition) is 2. The molecule has 2 aromatic carbocycles. The van der Waals surface area contributed by atoms with Gasteiger partial charge in [0.05, 0.1) is 23.2 Å². The lowest BCUT2D eigenvalue weighted by Crippen LogP contribution is -2.45. The third-order valence-corrected chi connectivity index (χ3v) is 5.34. The number of carbonyl (C=O) groups excluding carboxylic acids is 2. The lowest BCUT2D eigenvalue weighted by molar-refractivity contribution is -0.116. The van der Waals surface area contributed by atoms with Gasteiger partial charge in [0.1, 0.15) is 6.04 Å². The second-order valence-corrected chi connectivity index (χ2v) is 8.86. The summed E-state index contributed by atoms with van der Waals surface area (Å²) in [6.07, 6.45) is 0.849. The number of rotatable bonds is 7. The minimum atomic E-state index is -4.02. The molecular formula is C20H23F2N3O4S. The van der Waals surface area contributed by atoms with Crippen LogP contribution >= 0.6 is 0 Å². The molecule has 30 heavy (non-hydrogen) atoms. The van der Waals surface area contributed by atoms with Gasteiger partial charge < -0.3 is 10.6 Å². The average molecular weight is 439 g/mol. The lowest BCUT2D eigenvalue weighted by atomic mass is 10.1. The summed E-state index contributed by atoms with van der Waals surface area (Å²) in [6, 6.07) is 7.34. The molecule has 0 bridgehead atoms. The van der Waals surface area contributed by atoms with Crippen LogP contribution in [0.3, 0.4) is 0 Å². The third-order valence-electron chi connectivity index (χ3n) is 4.10. The van der Waals surface area contributed by atoms with Gasteiger partial charge in [0.25, 0.3) is 5.91 Å². The Bertz CT molecular complexity index is 1060. The van der Waals surface area contributed by atoms with Gasteiger partial charge in [0, 0.05) is 12.1 Å². The van der Waals surface area contributed by atoms with Crippen molar-refractivity contribution in [3.05, 3.63) is 59.7 Å². The van der Waals surface area contributed by atoms with Crippen molar-refractivity contribution in [2.45, 2.75) is 32.9 Å². The molecule has 1 unspecified atom stereocenters. The van der Waals surface area contributed by atoms with Crippen LogP contribution in [0.5, 0.6) is 0 Å². The summed E-state index contributed by atoms with van der Waals surface area (Å²) in [5.41, 5.74) is 0.182. The molecule has 2 aromatic rings. The fourth-order valence-electron chi connectivity index (χ4n) is 2.80. The van der Waals surface area contributed by atoms with Crippen LogP contribution in [0.1, 0.15) is 31.1 Å². The van der Waals surface area contributed by atoms with E-state index in [4.69, 9.17) is 0 Å². The fourth-order valence-corrected chi connectivity index (χ4v) is 3.96. The van der Waals surface area contributed by atoms with E-state index in [9.17, 15) is 26.8 Å². The van der Waals surface area contributed by atoms with Crippen molar-refractivity contribution < 1.29 is 26.8 Å². The summed E-state index contributed by atoms with van der Waals surface area (Å²) in [7, 11) is -4.02. The Hall–Kier alpha value is -3.01. The van der Waals surface area contributed by atoms with Crippen molar-refractivity contribution in [2.24, 2.45) is 0 Å². The molecule has 0 saturated carbocycles. The molecule has 10 heteroatoms. The van der Waals surface area contributed by atoms with Crippen LogP contribution < -0.4 is 14.9 Å². The molecule has 1 atom stereocenters. The minimum absolute atomic E-state index is 0.130. The van der Waals surface area contributed by atoms with Crippen LogP contribution in [-0.4, -0.2) is 38.6 Å². The Labute approximate surface area is 174 Å². The molecule has 2 rings (SSSR count). The van der Waals surface area contributed by atoms with Gasteiger partial charge in [-0.15, -0.1) is 0 Å². The Morgan fingerprint density at radius 2 is 1.63 bits per heavy atom. The first-order valence-corrected chi connectivity index (χ1v) is 10.9. The molecule has 0 aliphatic rings. The second kappa shape index (κ2) is 9.21. The maximum atomic E-state index is 13.6. The van der Waals surface area contributed by atoms with E-state index in [1.165, 1.54) is 19.1 Å². The highest BCUT2D eigenvalue weighted by Crippen LogP contribution is 2.24. The van der Waals surface area contributed by atoms with Crippen LogP contribution in [0, 0.1) is 11.6 Å². The number of amides is 2. The van der Waals surface area contributed by atoms with Gasteiger partial charge in [-0.25, -0.2) is 17.2 Å². The Kier molecular flexibility index (Phi) is 7.14. The van der Waals surface area contributed by atoms with Crippen molar-refractivity contribution in [2.75, 3.05) is 15.9 Å². The van der Waals surface area contributed by atoms with Crippen molar-refractivity contribution in [3.8, 4) is 0 Å². The average Bonchev–Trinajstić information content (AvgIpc) is 2.63. The first kappa shape index (κ1) is 23.3. The molecule has 2 N–H and O–H groups in total. The molecule has 0 heterocycles. The molecule has 0 aliphatic carbocycles. The summed E-state index contributed by atoms with van der Waals surface area (Å²) in [5, 5.41) is 5.25. The normalized spacial score (nSPS) is 12.4. The number of carbonyl (C=O) groups is 2. The van der Waals surface area contributed by atoms with E-state index in [1.807, 2.05) is 0 Å². The predicted molar refractivity (Wildman–Crippen MR) is 111 cm³/mol. The third kappa shape index (κ3) is 5.53. The van der Waals surface area contributed by atoms with Crippen LogP contribution in [0.4, 0.5) is 20.2 Å². The first-order valence-electron chi connectivity index (χ1n) is 9.07. The molecular weight excluding hydrogens is 416 g/mol. The van der Waals surface area contributed by atoms with Crippen LogP contribution in [-0.2, 0) is 14.8 Å². The standard InChI is InChI=1S/C20H23F2N3O4S/c1-12(2)23-20(27)15-7-5-6-8-18(15)24-19(26)13(3)25(30(4,28)29)14-9-10-16(21)17(22)11-14/h5-13H,1-4H3,(H,23,27)(H,24,26). The quantitative estimate of drug-likeness (QED) is 0.694. The van der Waals surface area contributed by atoms with Gasteiger partial charge >= 0.3 is 0 Å². The van der Waals surface area contributed by atoms with Crippen molar-refractivity contribution in [1.82, 2.24) is 5.32 Å². The van der Waals surface area contributed by atoms with Gasteiger partial charge in [-0.1, -0.05) is 12.1 Å². The van der Waals surface area contributed by atoms with Gasteiger partial charge in [-0.2, -0.15) is 0 Å². The van der Waals surface area contributed by atoms with E-state index in [0.717, 1.165) is 18.4 Å². The van der Waals surface area contributed by atoms with E-state index >= 15 is 0 Å². The molecule has 162 valence electrons. The maximum Gasteiger partial charge on any atom is 0.253 e. The van der Waals surface area contributed by atoms with Crippen molar-refractivity contribution >= 4 is 33.2 Å². The number of para-hydroxylation sites is 1. The molecule has 0 radical (unpaired) electrons. The number of halogens is 2. The molecule has 0 saturated heterocycles. The molecule has 0 aromatic heterocycles. The summed E-state index contributed by atoms with van der Waals surface area (Å²) < 4.78 is 52.2. The first-order chi connectivity index (χ1) is 13.9. The topological polar surface area (TPSA) is 95.6 Å². The largest absolute Gasteiger partial charge is 0.350 e. The van der Waals surface area contributed by atoms with Gasteiger partial charge in [-0.05, 0) is 45.0 Å². The van der Waals surface area contributed by atoms with Gasteiger partial charge in [0.2, 0.25) is 15.9 Å². The SMILES string of the molecule is CC(C)NC(=O)c1ccccc1NC(=O)C(C)N(c1ccc(F)c(F)c1)S(C)(=O)=O. The van der Waals surface area contributed by atoms with E-state index in [-0.39, 0.29) is 23.0 Å². The smallest absolute Gasteiger partial charge is 0.253 e. The van der Waals surface area contributed by atoms with E-state index in [0.29, 0.717) is 10.4 Å². The number of hydrogen-bond acceptors (Lipinski definition) is 4. The van der Waals surface area contributed by atoms with E-state index in [2.05, 4.69) is 10.6 Å². The lowest BCUT2D eigenvalue weighted by Gasteiger charge is -2.28. The molecule has 0 fully saturated rings. The van der Waals surface area contributed by atoms with Crippen molar-refractivity contribution in [3.63, 3.8) is 0 Å². The number of anilines is 2. The highest BCUT2D eigenvalue weighted by atomic mass is 32.2. The Morgan fingerprint density at radius 3 is 2.20 bits per heavy atom. The summed E-state index contributed by atoms with van der Waals surface area (Å²) in [6.45, 7) is 4.87. The minimum Gasteiger partial charge on any atom is -0.350 e. The zero-order valence-corrected chi connectivity index (χ0v) is 17.8. The highest BCUT2D eigenvalue weighted by Gasteiger charge is 2.30. The second-order valence-electron chi connectivity index (χ2n) is 7.00. The number of benzene rings is 2. The van der Waals surface area contributed by atoms with Gasteiger partial charge in [0.15, 0.2) is 11.6 Å². The number of nitrogens with zero attached hydrogens (tertiary/aromatic N) is 1. The molecule has 0 spiro atoms. The number of sulfonamides is 1. The predicted octanol–water partition coefficient (Wildman–Crippen LogP) is 2.90. The van der Waals surface area contributed by atoms with Crippen LogP contribution in [0.15, 0.2) is 42.5 Å². The van der Waals surface area contributed by atoms with Crippen molar-refractivity contribution in [1.29, 1.82) is 0 Å². The van der Waals surface area contributed by atoms with E-state index < -0.39 is 39.5 Å². The van der Waals surface area contributed by atoms with E-state index in [1.54, 1.807) is 26.0 Å². The Morgan fingerprint density at radius 1 is 1.00 bits per heavy atom. The zero-order valence-electron chi connectivity index (χ0n) is 16.9. The Balaban J connectivity index is 2.35. The molecule has 0 aliphatic heterocycles. The molecule has 7 nitrogen and oxygen atoms in total. The van der Waals surface area contributed by atoms with Crippen LogP contribution in [0.2, 0.25) is 0 Å². The number of nitrogens with one attached hydrogen (secondary N) is 2. The van der Waals surface area contributed by atoms with Gasteiger partial charge in [-0.3, -0.25) is 13.9 Å². The maximum absolute atomic E-state index is 13.6. The van der Waals surface area contributed by atoms with Crippen LogP contribution in [0.25, 0.3) is 0 Å². The summed E-state index contributed by atoms with van der Waals surface area (Å²) >= 11 is 0. The summed E-state index contributed by atoms with van der Waals surface area (Å²) in [5.74, 6) is -3.55. The zero-order chi connectivity index (χ0) is 22.6.